The number of amides is 1. The first kappa shape index (κ1) is 13.5. The molecule has 0 aromatic carbocycles. The number of hydrogen-bond donors (Lipinski definition) is 0. The van der Waals surface area contributed by atoms with Gasteiger partial charge in [0.25, 0.3) is 0 Å². The summed E-state index contributed by atoms with van der Waals surface area (Å²) in [6, 6.07) is 0.786. The van der Waals surface area contributed by atoms with E-state index in [4.69, 9.17) is 0 Å². The minimum absolute atomic E-state index is 0.786. The van der Waals surface area contributed by atoms with E-state index in [0.29, 0.717) is 0 Å². The second-order valence-electron chi connectivity index (χ2n) is 4.93. The van der Waals surface area contributed by atoms with Crippen LogP contribution in [0.25, 0.3) is 0 Å². The maximum absolute atomic E-state index is 10.2. The van der Waals surface area contributed by atoms with Gasteiger partial charge in [0.15, 0.2) is 0 Å². The summed E-state index contributed by atoms with van der Waals surface area (Å²) in [5.74, 6) is 0. The van der Waals surface area contributed by atoms with Gasteiger partial charge in [0.1, 0.15) is 0 Å². The number of likely N-dealkylation sites (N-methyl/N-ethyl adjacent to an activating group) is 1. The average Bonchev–Trinajstić information content (AvgIpc) is 2.16. The van der Waals surface area contributed by atoms with Gasteiger partial charge in [-0.15, -0.1) is 0 Å². The van der Waals surface area contributed by atoms with E-state index >= 15 is 0 Å². The van der Waals surface area contributed by atoms with Gasteiger partial charge in [0, 0.05) is 32.2 Å². The Balaban J connectivity index is 0.000000165. The van der Waals surface area contributed by atoms with Gasteiger partial charge in [-0.25, -0.2) is 0 Å². The SMILES string of the molecule is CC(C)N1CCC1.CN1CCN(C=O)CC1. The molecule has 2 heterocycles. The van der Waals surface area contributed by atoms with Gasteiger partial charge < -0.3 is 14.7 Å². The molecule has 94 valence electrons. The number of carbonyl (C=O) groups is 1. The van der Waals surface area contributed by atoms with Crippen LogP contribution >= 0.6 is 0 Å². The Bertz CT molecular complexity index is 196. The molecular weight excluding hydrogens is 202 g/mol. The highest BCUT2D eigenvalue weighted by Gasteiger charge is 2.15. The van der Waals surface area contributed by atoms with Crippen LogP contribution in [0.2, 0.25) is 0 Å². The minimum Gasteiger partial charge on any atom is -0.343 e. The quantitative estimate of drug-likeness (QED) is 0.642. The molecule has 0 unspecified atom stereocenters. The molecule has 2 aliphatic heterocycles. The highest BCUT2D eigenvalue weighted by molar-refractivity contribution is 5.47. The molecule has 2 aliphatic rings. The van der Waals surface area contributed by atoms with E-state index in [1.807, 2.05) is 0 Å². The normalized spacial score (nSPS) is 22.4. The lowest BCUT2D eigenvalue weighted by molar-refractivity contribution is -0.119. The third-order valence-electron chi connectivity index (χ3n) is 3.31. The summed E-state index contributed by atoms with van der Waals surface area (Å²) in [7, 11) is 2.07. The van der Waals surface area contributed by atoms with E-state index in [1.54, 1.807) is 4.90 Å². The van der Waals surface area contributed by atoms with Crippen LogP contribution in [-0.2, 0) is 4.79 Å². The molecule has 0 spiro atoms. The molecule has 0 aromatic rings. The molecule has 0 radical (unpaired) electrons. The Kier molecular flexibility index (Phi) is 5.77. The molecule has 4 nitrogen and oxygen atoms in total. The Morgan fingerprint density at radius 3 is 1.81 bits per heavy atom. The Morgan fingerprint density at radius 2 is 1.56 bits per heavy atom. The van der Waals surface area contributed by atoms with Crippen LogP contribution in [0.3, 0.4) is 0 Å². The molecule has 0 aromatic heterocycles. The van der Waals surface area contributed by atoms with Crippen molar-refractivity contribution in [2.24, 2.45) is 0 Å². The molecule has 0 N–H and O–H groups in total. The standard InChI is InChI=1S/C6H12N2O.C6H13N/c1-7-2-4-8(6-9)5-3-7;1-6(2)7-4-3-5-7/h6H,2-5H2,1H3;6H,3-5H2,1-2H3. The fraction of sp³-hybridized carbons (Fsp3) is 0.917. The third kappa shape index (κ3) is 4.49. The topological polar surface area (TPSA) is 26.8 Å². The molecule has 0 aliphatic carbocycles. The molecule has 2 rings (SSSR count). The van der Waals surface area contributed by atoms with Crippen molar-refractivity contribution in [2.45, 2.75) is 26.3 Å². The van der Waals surface area contributed by atoms with E-state index in [2.05, 4.69) is 30.7 Å². The van der Waals surface area contributed by atoms with Gasteiger partial charge in [-0.1, -0.05) is 0 Å². The lowest BCUT2D eigenvalue weighted by Gasteiger charge is -2.34. The van der Waals surface area contributed by atoms with Gasteiger partial charge in [-0.2, -0.15) is 0 Å². The molecular formula is C12H25N3O. The second-order valence-corrected chi connectivity index (χ2v) is 4.93. The molecule has 0 atom stereocenters. The van der Waals surface area contributed by atoms with Crippen molar-refractivity contribution in [2.75, 3.05) is 46.3 Å². The van der Waals surface area contributed by atoms with E-state index in [9.17, 15) is 4.79 Å². The first-order chi connectivity index (χ1) is 7.63. The summed E-state index contributed by atoms with van der Waals surface area (Å²) >= 11 is 0. The highest BCUT2D eigenvalue weighted by Crippen LogP contribution is 2.08. The maximum atomic E-state index is 10.2. The zero-order valence-corrected chi connectivity index (χ0v) is 10.9. The van der Waals surface area contributed by atoms with Crippen LogP contribution in [0, 0.1) is 0 Å². The van der Waals surface area contributed by atoms with Gasteiger partial charge >= 0.3 is 0 Å². The maximum Gasteiger partial charge on any atom is 0.209 e. The summed E-state index contributed by atoms with van der Waals surface area (Å²) in [5, 5.41) is 0. The fourth-order valence-corrected chi connectivity index (χ4v) is 1.78. The van der Waals surface area contributed by atoms with Crippen molar-refractivity contribution in [1.82, 2.24) is 14.7 Å². The van der Waals surface area contributed by atoms with Crippen molar-refractivity contribution < 1.29 is 4.79 Å². The van der Waals surface area contributed by atoms with Crippen molar-refractivity contribution in [3.8, 4) is 0 Å². The van der Waals surface area contributed by atoms with E-state index < -0.39 is 0 Å². The van der Waals surface area contributed by atoms with E-state index in [0.717, 1.165) is 38.6 Å². The summed E-state index contributed by atoms with van der Waals surface area (Å²) in [4.78, 5) is 16.7. The molecule has 1 amide bonds. The summed E-state index contributed by atoms with van der Waals surface area (Å²) in [6.07, 6.45) is 2.34. The van der Waals surface area contributed by atoms with E-state index in [1.165, 1.54) is 19.5 Å². The number of nitrogens with zero attached hydrogens (tertiary/aromatic N) is 3. The first-order valence-electron chi connectivity index (χ1n) is 6.25. The number of likely N-dealkylation sites (tertiary alicyclic amines) is 1. The lowest BCUT2D eigenvalue weighted by atomic mass is 10.2. The molecule has 2 saturated heterocycles. The molecule has 0 saturated carbocycles. The molecule has 2 fully saturated rings. The summed E-state index contributed by atoms with van der Waals surface area (Å²) in [5.41, 5.74) is 0. The van der Waals surface area contributed by atoms with Crippen LogP contribution in [0.15, 0.2) is 0 Å². The predicted octanol–water partition coefficient (Wildman–Crippen LogP) is 0.491. The largest absolute Gasteiger partial charge is 0.343 e. The minimum atomic E-state index is 0.786. The summed E-state index contributed by atoms with van der Waals surface area (Å²) in [6.45, 7) is 11.0. The monoisotopic (exact) mass is 227 g/mol. The van der Waals surface area contributed by atoms with Crippen molar-refractivity contribution >= 4 is 6.41 Å². The van der Waals surface area contributed by atoms with Crippen LogP contribution in [0.1, 0.15) is 20.3 Å². The van der Waals surface area contributed by atoms with Crippen LogP contribution in [-0.4, -0.2) is 73.5 Å². The number of hydrogen-bond acceptors (Lipinski definition) is 3. The number of piperazine rings is 1. The van der Waals surface area contributed by atoms with Crippen LogP contribution in [0.4, 0.5) is 0 Å². The van der Waals surface area contributed by atoms with E-state index in [-0.39, 0.29) is 0 Å². The predicted molar refractivity (Wildman–Crippen MR) is 66.5 cm³/mol. The Morgan fingerprint density at radius 1 is 1.00 bits per heavy atom. The number of carbonyl (C=O) groups excluding carboxylic acids is 1. The van der Waals surface area contributed by atoms with Crippen molar-refractivity contribution in [3.05, 3.63) is 0 Å². The van der Waals surface area contributed by atoms with Crippen LogP contribution < -0.4 is 0 Å². The van der Waals surface area contributed by atoms with Crippen LogP contribution in [0.5, 0.6) is 0 Å². The van der Waals surface area contributed by atoms with Gasteiger partial charge in [0.05, 0.1) is 0 Å². The van der Waals surface area contributed by atoms with Crippen molar-refractivity contribution in [1.29, 1.82) is 0 Å². The Labute approximate surface area is 99.2 Å². The summed E-state index contributed by atoms with van der Waals surface area (Å²) < 4.78 is 0. The zero-order valence-electron chi connectivity index (χ0n) is 10.9. The zero-order chi connectivity index (χ0) is 12.0. The molecule has 0 bridgehead atoms. The molecule has 4 heteroatoms. The van der Waals surface area contributed by atoms with Gasteiger partial charge in [0.2, 0.25) is 6.41 Å². The Hall–Kier alpha value is -0.610. The first-order valence-corrected chi connectivity index (χ1v) is 6.25. The number of rotatable bonds is 2. The second kappa shape index (κ2) is 6.86. The van der Waals surface area contributed by atoms with Gasteiger partial charge in [-0.05, 0) is 40.4 Å². The molecule has 16 heavy (non-hydrogen) atoms. The lowest BCUT2D eigenvalue weighted by Crippen LogP contribution is -2.43. The average molecular weight is 227 g/mol. The highest BCUT2D eigenvalue weighted by atomic mass is 16.1. The third-order valence-corrected chi connectivity index (χ3v) is 3.31. The van der Waals surface area contributed by atoms with Gasteiger partial charge in [-0.3, -0.25) is 4.79 Å². The smallest absolute Gasteiger partial charge is 0.209 e. The fourth-order valence-electron chi connectivity index (χ4n) is 1.78. The van der Waals surface area contributed by atoms with Crippen molar-refractivity contribution in [3.63, 3.8) is 0 Å².